The molecule has 0 aliphatic heterocycles. The summed E-state index contributed by atoms with van der Waals surface area (Å²) in [6.45, 7) is 4.35. The zero-order chi connectivity index (χ0) is 14.8. The average molecular weight is 315 g/mol. The number of hydrogen-bond donors (Lipinski definition) is 2. The lowest BCUT2D eigenvalue weighted by molar-refractivity contribution is -0.136. The number of carboxylic acids is 1. The van der Waals surface area contributed by atoms with Gasteiger partial charge in [-0.05, 0) is 19.3 Å². The van der Waals surface area contributed by atoms with E-state index in [2.05, 4.69) is 24.0 Å². The van der Waals surface area contributed by atoms with Gasteiger partial charge in [-0.2, -0.15) is 0 Å². The minimum atomic E-state index is -0.772. The van der Waals surface area contributed by atoms with Gasteiger partial charge in [0, 0.05) is 18.1 Å². The lowest BCUT2D eigenvalue weighted by Gasteiger charge is -2.26. The molecule has 0 fully saturated rings. The van der Waals surface area contributed by atoms with Gasteiger partial charge in [0.05, 0.1) is 11.8 Å². The zero-order valence-corrected chi connectivity index (χ0v) is 13.1. The Hall–Kier alpha value is -0.880. The number of nitrogens with one attached hydrogen (secondary N) is 1. The van der Waals surface area contributed by atoms with Crippen molar-refractivity contribution >= 4 is 33.5 Å². The van der Waals surface area contributed by atoms with E-state index in [9.17, 15) is 9.59 Å². The van der Waals surface area contributed by atoms with E-state index in [0.717, 1.165) is 18.6 Å². The van der Waals surface area contributed by atoms with Crippen LogP contribution in [0, 0.1) is 5.41 Å². The molecule has 0 spiro atoms. The Labute approximate surface area is 127 Å². The molecule has 1 rings (SSSR count). The van der Waals surface area contributed by atoms with Crippen molar-refractivity contribution in [1.29, 1.82) is 0 Å². The molecule has 1 aliphatic rings. The molecule has 0 aromatic heterocycles. The lowest BCUT2D eigenvalue weighted by Crippen LogP contribution is -2.40. The van der Waals surface area contributed by atoms with Crippen molar-refractivity contribution in [2.75, 3.05) is 18.1 Å². The van der Waals surface area contributed by atoms with E-state index in [1.165, 1.54) is 10.8 Å². The van der Waals surface area contributed by atoms with Crippen LogP contribution in [0.5, 0.6) is 0 Å². The first-order valence-electron chi connectivity index (χ1n) is 6.61. The van der Waals surface area contributed by atoms with Gasteiger partial charge in [-0.25, -0.2) is 0 Å². The fourth-order valence-corrected chi connectivity index (χ4v) is 3.95. The summed E-state index contributed by atoms with van der Waals surface area (Å²) >= 11 is 0. The highest BCUT2D eigenvalue weighted by Crippen LogP contribution is 2.37. The maximum atomic E-state index is 12.2. The fourth-order valence-electron chi connectivity index (χ4n) is 2.06. The molecule has 0 aromatic rings. The van der Waals surface area contributed by atoms with Gasteiger partial charge >= 0.3 is 5.97 Å². The first kappa shape index (κ1) is 17.2. The standard InChI is InChI=1S/C14H21NO3S2/c1-2-6-14(7-3-4-8-14)13(18)15-9-11-20-19-10-5-12(16)17/h2-4H,1,5-11H2,(H,15,18)(H,16,17). The van der Waals surface area contributed by atoms with Gasteiger partial charge in [-0.1, -0.05) is 39.8 Å². The molecule has 0 heterocycles. The van der Waals surface area contributed by atoms with Gasteiger partial charge in [0.15, 0.2) is 0 Å². The van der Waals surface area contributed by atoms with Crippen LogP contribution in [0.4, 0.5) is 0 Å². The van der Waals surface area contributed by atoms with Gasteiger partial charge in [-0.3, -0.25) is 9.59 Å². The number of rotatable bonds is 10. The van der Waals surface area contributed by atoms with E-state index in [-0.39, 0.29) is 17.7 Å². The third kappa shape index (κ3) is 5.63. The van der Waals surface area contributed by atoms with Crippen LogP contribution in [0.15, 0.2) is 24.8 Å². The Kier molecular flexibility index (Phi) is 7.84. The van der Waals surface area contributed by atoms with E-state index >= 15 is 0 Å². The summed E-state index contributed by atoms with van der Waals surface area (Å²) in [5, 5.41) is 11.5. The molecule has 2 N–H and O–H groups in total. The Balaban J connectivity index is 2.16. The minimum absolute atomic E-state index is 0.0959. The third-order valence-electron chi connectivity index (χ3n) is 3.15. The Bertz CT molecular complexity index is 375. The summed E-state index contributed by atoms with van der Waals surface area (Å²) in [5.74, 6) is 0.705. The van der Waals surface area contributed by atoms with Crippen molar-refractivity contribution in [3.05, 3.63) is 24.8 Å². The largest absolute Gasteiger partial charge is 0.481 e. The molecule has 0 radical (unpaired) electrons. The summed E-state index contributed by atoms with van der Waals surface area (Å²) in [5.41, 5.74) is -0.330. The summed E-state index contributed by atoms with van der Waals surface area (Å²) in [6.07, 6.45) is 8.36. The van der Waals surface area contributed by atoms with Crippen LogP contribution < -0.4 is 5.32 Å². The normalized spacial score (nSPS) is 16.0. The van der Waals surface area contributed by atoms with E-state index < -0.39 is 5.97 Å². The van der Waals surface area contributed by atoms with Crippen molar-refractivity contribution in [2.24, 2.45) is 5.41 Å². The molecule has 0 bridgehead atoms. The highest BCUT2D eigenvalue weighted by molar-refractivity contribution is 8.76. The van der Waals surface area contributed by atoms with Crippen LogP contribution in [-0.2, 0) is 9.59 Å². The van der Waals surface area contributed by atoms with Crippen molar-refractivity contribution in [2.45, 2.75) is 25.7 Å². The van der Waals surface area contributed by atoms with Gasteiger partial charge in [-0.15, -0.1) is 6.58 Å². The predicted molar refractivity (Wildman–Crippen MR) is 85.8 cm³/mol. The summed E-state index contributed by atoms with van der Waals surface area (Å²) in [4.78, 5) is 22.6. The van der Waals surface area contributed by atoms with Gasteiger partial charge in [0.2, 0.25) is 5.91 Å². The molecule has 20 heavy (non-hydrogen) atoms. The second kappa shape index (κ2) is 9.13. The first-order valence-corrected chi connectivity index (χ1v) is 9.10. The molecule has 0 saturated carbocycles. The molecule has 6 heteroatoms. The topological polar surface area (TPSA) is 66.4 Å². The summed E-state index contributed by atoms with van der Waals surface area (Å²) in [7, 11) is 3.13. The molecule has 1 aliphatic carbocycles. The number of carbonyl (C=O) groups is 2. The van der Waals surface area contributed by atoms with Crippen LogP contribution in [0.1, 0.15) is 25.7 Å². The SMILES string of the molecule is C=CCC1(C(=O)NCCSSCCC(=O)O)CC=CC1. The molecule has 1 amide bonds. The van der Waals surface area contributed by atoms with Crippen molar-refractivity contribution in [3.8, 4) is 0 Å². The quantitative estimate of drug-likeness (QED) is 0.369. The maximum Gasteiger partial charge on any atom is 0.304 e. The zero-order valence-electron chi connectivity index (χ0n) is 11.5. The number of hydrogen-bond acceptors (Lipinski definition) is 4. The van der Waals surface area contributed by atoms with E-state index in [0.29, 0.717) is 18.7 Å². The van der Waals surface area contributed by atoms with Gasteiger partial charge < -0.3 is 10.4 Å². The number of aliphatic carboxylic acids is 1. The highest BCUT2D eigenvalue weighted by Gasteiger charge is 2.37. The second-order valence-electron chi connectivity index (χ2n) is 4.70. The van der Waals surface area contributed by atoms with E-state index in [1.54, 1.807) is 10.8 Å². The van der Waals surface area contributed by atoms with Crippen LogP contribution in [0.2, 0.25) is 0 Å². The predicted octanol–water partition coefficient (Wildman–Crippen LogP) is 2.87. The van der Waals surface area contributed by atoms with E-state index in [4.69, 9.17) is 5.11 Å². The minimum Gasteiger partial charge on any atom is -0.481 e. The van der Waals surface area contributed by atoms with Crippen molar-refractivity contribution in [3.63, 3.8) is 0 Å². The van der Waals surface area contributed by atoms with Gasteiger partial charge in [0.25, 0.3) is 0 Å². The van der Waals surface area contributed by atoms with Crippen molar-refractivity contribution < 1.29 is 14.7 Å². The molecule has 0 atom stereocenters. The van der Waals surface area contributed by atoms with Crippen LogP contribution in [0.3, 0.4) is 0 Å². The second-order valence-corrected chi connectivity index (χ2v) is 7.40. The highest BCUT2D eigenvalue weighted by atomic mass is 33.1. The molecule has 0 unspecified atom stereocenters. The number of allylic oxidation sites excluding steroid dienone is 3. The fraction of sp³-hybridized carbons (Fsp3) is 0.571. The van der Waals surface area contributed by atoms with Crippen LogP contribution in [0.25, 0.3) is 0 Å². The van der Waals surface area contributed by atoms with Gasteiger partial charge in [0.1, 0.15) is 0 Å². The number of carboxylic acid groups (broad SMARTS) is 1. The molecular formula is C14H21NO3S2. The smallest absolute Gasteiger partial charge is 0.304 e. The van der Waals surface area contributed by atoms with Crippen LogP contribution >= 0.6 is 21.6 Å². The number of amides is 1. The molecular weight excluding hydrogens is 294 g/mol. The van der Waals surface area contributed by atoms with Crippen LogP contribution in [-0.4, -0.2) is 35.0 Å². The Morgan fingerprint density at radius 1 is 1.30 bits per heavy atom. The van der Waals surface area contributed by atoms with E-state index in [1.807, 2.05) is 6.08 Å². The number of carbonyl (C=O) groups excluding carboxylic acids is 1. The third-order valence-corrected chi connectivity index (χ3v) is 5.56. The first-order chi connectivity index (χ1) is 9.60. The summed E-state index contributed by atoms with van der Waals surface area (Å²) < 4.78 is 0. The maximum absolute atomic E-state index is 12.2. The Morgan fingerprint density at radius 2 is 1.95 bits per heavy atom. The lowest BCUT2D eigenvalue weighted by atomic mass is 9.81. The molecule has 0 saturated heterocycles. The molecule has 0 aromatic carbocycles. The van der Waals surface area contributed by atoms with Crippen molar-refractivity contribution in [1.82, 2.24) is 5.32 Å². The molecule has 112 valence electrons. The molecule has 4 nitrogen and oxygen atoms in total. The average Bonchev–Trinajstić information content (AvgIpc) is 2.87. The summed E-state index contributed by atoms with van der Waals surface area (Å²) in [6, 6.07) is 0. The monoisotopic (exact) mass is 315 g/mol. The Morgan fingerprint density at radius 3 is 2.55 bits per heavy atom.